The Kier molecular flexibility index (Phi) is 9.87. The minimum Gasteiger partial charge on any atom is -0.355 e. The lowest BCUT2D eigenvalue weighted by molar-refractivity contribution is -0.121. The number of sulfonamides is 1. The molecule has 0 radical (unpaired) electrons. The summed E-state index contributed by atoms with van der Waals surface area (Å²) in [6, 6.07) is 8.18. The zero-order chi connectivity index (χ0) is 23.0. The maximum Gasteiger partial charge on any atom is 0.232 e. The van der Waals surface area contributed by atoms with Gasteiger partial charge in [-0.1, -0.05) is 29.3 Å². The minimum atomic E-state index is -3.71. The van der Waals surface area contributed by atoms with Crippen LogP contribution in [0.4, 0.5) is 14.5 Å². The summed E-state index contributed by atoms with van der Waals surface area (Å²) in [5, 5.41) is 3.94. The third-order valence-electron chi connectivity index (χ3n) is 4.20. The summed E-state index contributed by atoms with van der Waals surface area (Å²) < 4.78 is 51.5. The molecule has 1 N–H and O–H groups in total. The van der Waals surface area contributed by atoms with E-state index in [1.165, 1.54) is 6.07 Å². The minimum absolute atomic E-state index is 0.0130. The normalized spacial score (nSPS) is 11.4. The van der Waals surface area contributed by atoms with Crippen molar-refractivity contribution < 1.29 is 22.0 Å². The van der Waals surface area contributed by atoms with E-state index in [-0.39, 0.29) is 31.0 Å². The lowest BCUT2D eigenvalue weighted by Gasteiger charge is -2.22. The topological polar surface area (TPSA) is 66.5 Å². The maximum absolute atomic E-state index is 13.5. The van der Waals surface area contributed by atoms with E-state index < -0.39 is 21.7 Å². The lowest BCUT2D eigenvalue weighted by Crippen LogP contribution is -2.32. The van der Waals surface area contributed by atoms with Gasteiger partial charge in [0.25, 0.3) is 0 Å². The number of hydrogen-bond acceptors (Lipinski definition) is 4. The van der Waals surface area contributed by atoms with E-state index in [9.17, 15) is 22.0 Å². The number of amides is 1. The Morgan fingerprint density at radius 2 is 1.87 bits per heavy atom. The summed E-state index contributed by atoms with van der Waals surface area (Å²) in [4.78, 5) is 12.0. The molecule has 2 rings (SSSR count). The number of thioether (sulfide) groups is 1. The SMILES string of the molecule is CS(=O)(=O)N(CCCC(=O)NCCSCc1ccc(Cl)cc1Cl)c1ccc(F)c(F)c1. The standard InChI is InChI=1S/C20H22Cl2F2N2O3S2/c1-31(28,29)26(16-6-7-18(23)19(24)12-16)9-2-3-20(27)25-8-10-30-13-14-4-5-15(21)11-17(14)22/h4-7,11-12H,2-3,8-10,13H2,1H3,(H,25,27). The number of rotatable bonds is 11. The van der Waals surface area contributed by atoms with Gasteiger partial charge in [-0.3, -0.25) is 9.10 Å². The predicted molar refractivity (Wildman–Crippen MR) is 123 cm³/mol. The molecule has 0 unspecified atom stereocenters. The van der Waals surface area contributed by atoms with Crippen LogP contribution in [-0.2, 0) is 20.6 Å². The van der Waals surface area contributed by atoms with Crippen LogP contribution >= 0.6 is 35.0 Å². The highest BCUT2D eigenvalue weighted by Crippen LogP contribution is 2.24. The molecule has 0 bridgehead atoms. The first-order chi connectivity index (χ1) is 14.6. The summed E-state index contributed by atoms with van der Waals surface area (Å²) >= 11 is 13.6. The molecule has 0 saturated carbocycles. The molecule has 0 aromatic heterocycles. The largest absolute Gasteiger partial charge is 0.355 e. The smallest absolute Gasteiger partial charge is 0.232 e. The van der Waals surface area contributed by atoms with Crippen molar-refractivity contribution in [3.63, 3.8) is 0 Å². The molecule has 2 aromatic carbocycles. The molecule has 11 heteroatoms. The monoisotopic (exact) mass is 510 g/mol. The third-order valence-corrected chi connectivity index (χ3v) is 6.99. The number of nitrogens with one attached hydrogen (secondary N) is 1. The van der Waals surface area contributed by atoms with Gasteiger partial charge >= 0.3 is 0 Å². The predicted octanol–water partition coefficient (Wildman–Crippen LogP) is 4.87. The molecule has 0 fully saturated rings. The summed E-state index contributed by atoms with van der Waals surface area (Å²) in [6.45, 7) is 0.425. The molecule has 170 valence electrons. The van der Waals surface area contributed by atoms with Gasteiger partial charge in [-0.25, -0.2) is 17.2 Å². The van der Waals surface area contributed by atoms with Gasteiger partial charge in [0.2, 0.25) is 15.9 Å². The highest BCUT2D eigenvalue weighted by atomic mass is 35.5. The van der Waals surface area contributed by atoms with Gasteiger partial charge in [-0.05, 0) is 36.2 Å². The van der Waals surface area contributed by atoms with Gasteiger partial charge in [0.05, 0.1) is 11.9 Å². The summed E-state index contributed by atoms with van der Waals surface area (Å²) in [5.74, 6) is -1.06. The molecule has 0 atom stereocenters. The first-order valence-electron chi connectivity index (χ1n) is 9.29. The maximum atomic E-state index is 13.5. The molecule has 0 heterocycles. The van der Waals surface area contributed by atoms with Crippen molar-refractivity contribution in [3.05, 3.63) is 63.6 Å². The molecular formula is C20H22Cl2F2N2O3S2. The second-order valence-electron chi connectivity index (χ2n) is 6.68. The Morgan fingerprint density at radius 1 is 1.13 bits per heavy atom. The Morgan fingerprint density at radius 3 is 2.52 bits per heavy atom. The molecule has 0 aliphatic heterocycles. The van der Waals surface area contributed by atoms with Crippen LogP contribution < -0.4 is 9.62 Å². The van der Waals surface area contributed by atoms with E-state index >= 15 is 0 Å². The second kappa shape index (κ2) is 11.9. The van der Waals surface area contributed by atoms with Crippen molar-refractivity contribution in [1.82, 2.24) is 5.32 Å². The summed E-state index contributed by atoms with van der Waals surface area (Å²) in [6.07, 6.45) is 1.30. The average molecular weight is 511 g/mol. The van der Waals surface area contributed by atoms with Gasteiger partial charge in [0.1, 0.15) is 0 Å². The van der Waals surface area contributed by atoms with Crippen LogP contribution in [0.5, 0.6) is 0 Å². The van der Waals surface area contributed by atoms with Gasteiger partial charge in [0, 0.05) is 47.1 Å². The van der Waals surface area contributed by atoms with Crippen molar-refractivity contribution >= 4 is 56.6 Å². The number of nitrogens with zero attached hydrogens (tertiary/aromatic N) is 1. The van der Waals surface area contributed by atoms with Crippen LogP contribution in [0, 0.1) is 11.6 Å². The zero-order valence-electron chi connectivity index (χ0n) is 16.7. The molecule has 0 spiro atoms. The van der Waals surface area contributed by atoms with E-state index in [0.717, 1.165) is 28.3 Å². The van der Waals surface area contributed by atoms with Crippen LogP contribution in [0.3, 0.4) is 0 Å². The Labute approximate surface area is 195 Å². The van der Waals surface area contributed by atoms with Gasteiger partial charge < -0.3 is 5.32 Å². The lowest BCUT2D eigenvalue weighted by atomic mass is 10.2. The van der Waals surface area contributed by atoms with Crippen molar-refractivity contribution in [3.8, 4) is 0 Å². The van der Waals surface area contributed by atoms with E-state index in [0.29, 0.717) is 28.1 Å². The van der Waals surface area contributed by atoms with Crippen LogP contribution in [0.2, 0.25) is 10.0 Å². The number of halogens is 4. The third kappa shape index (κ3) is 8.48. The van der Waals surface area contributed by atoms with Crippen LogP contribution in [0.25, 0.3) is 0 Å². The molecule has 1 amide bonds. The molecule has 0 aliphatic rings. The Bertz CT molecular complexity index is 1020. The first kappa shape index (κ1) is 25.7. The highest BCUT2D eigenvalue weighted by Gasteiger charge is 2.19. The molecule has 0 aliphatic carbocycles. The number of carbonyl (C=O) groups is 1. The first-order valence-corrected chi connectivity index (χ1v) is 13.0. The van der Waals surface area contributed by atoms with Crippen molar-refractivity contribution in [2.45, 2.75) is 18.6 Å². The van der Waals surface area contributed by atoms with Crippen molar-refractivity contribution in [2.24, 2.45) is 0 Å². The highest BCUT2D eigenvalue weighted by molar-refractivity contribution is 7.98. The van der Waals surface area contributed by atoms with Crippen LogP contribution in [0.15, 0.2) is 36.4 Å². The summed E-state index contributed by atoms with van der Waals surface area (Å²) in [7, 11) is -3.71. The number of hydrogen-bond donors (Lipinski definition) is 1. The van der Waals surface area contributed by atoms with Gasteiger partial charge in [-0.15, -0.1) is 0 Å². The number of benzene rings is 2. The fraction of sp³-hybridized carbons (Fsp3) is 0.350. The van der Waals surface area contributed by atoms with Gasteiger partial charge in [-0.2, -0.15) is 11.8 Å². The molecule has 5 nitrogen and oxygen atoms in total. The molecule has 0 saturated heterocycles. The molecule has 2 aromatic rings. The Balaban J connectivity index is 1.73. The number of carbonyl (C=O) groups excluding carboxylic acids is 1. The quantitative estimate of drug-likeness (QED) is 0.438. The molecular weight excluding hydrogens is 489 g/mol. The van der Waals surface area contributed by atoms with Crippen molar-refractivity contribution in [1.29, 1.82) is 0 Å². The van der Waals surface area contributed by atoms with E-state index in [1.54, 1.807) is 23.9 Å². The Hall–Kier alpha value is -1.55. The number of anilines is 1. The van der Waals surface area contributed by atoms with E-state index in [4.69, 9.17) is 23.2 Å². The van der Waals surface area contributed by atoms with E-state index in [1.807, 2.05) is 6.07 Å². The zero-order valence-corrected chi connectivity index (χ0v) is 19.9. The average Bonchev–Trinajstić information content (AvgIpc) is 2.68. The van der Waals surface area contributed by atoms with Crippen molar-refractivity contribution in [2.75, 3.05) is 29.4 Å². The summed E-state index contributed by atoms with van der Waals surface area (Å²) in [5.41, 5.74) is 0.972. The molecule has 31 heavy (non-hydrogen) atoms. The fourth-order valence-corrected chi connectivity index (χ4v) is 5.06. The van der Waals surface area contributed by atoms with E-state index in [2.05, 4.69) is 5.32 Å². The second-order valence-corrected chi connectivity index (χ2v) is 10.5. The van der Waals surface area contributed by atoms with Gasteiger partial charge in [0.15, 0.2) is 11.6 Å². The van der Waals surface area contributed by atoms with Crippen LogP contribution in [0.1, 0.15) is 18.4 Å². The van der Waals surface area contributed by atoms with Crippen LogP contribution in [-0.4, -0.2) is 39.4 Å². The fourth-order valence-electron chi connectivity index (χ4n) is 2.68.